The molecule has 0 spiro atoms. The summed E-state index contributed by atoms with van der Waals surface area (Å²) in [5, 5.41) is 7.04. The van der Waals surface area contributed by atoms with Gasteiger partial charge < -0.3 is 4.74 Å². The van der Waals surface area contributed by atoms with E-state index in [-0.39, 0.29) is 5.69 Å². The number of ether oxygens (including phenoxy) is 1. The van der Waals surface area contributed by atoms with E-state index in [9.17, 15) is 4.79 Å². The summed E-state index contributed by atoms with van der Waals surface area (Å²) >= 11 is 1.54. The van der Waals surface area contributed by atoms with Gasteiger partial charge in [-0.05, 0) is 18.6 Å². The average Bonchev–Trinajstić information content (AvgIpc) is 2.71. The number of benzene rings is 1. The molecule has 1 aromatic heterocycles. The highest BCUT2D eigenvalue weighted by Crippen LogP contribution is 2.14. The van der Waals surface area contributed by atoms with Crippen LogP contribution >= 0.6 is 11.8 Å². The van der Waals surface area contributed by atoms with E-state index in [1.165, 1.54) is 4.57 Å². The van der Waals surface area contributed by atoms with Crippen molar-refractivity contribution in [1.82, 2.24) is 14.8 Å². The second-order valence-electron chi connectivity index (χ2n) is 3.73. The molecule has 18 heavy (non-hydrogen) atoms. The standard InChI is InChI=1S/C12H15N3O2S/c1-15-11(16)13-14-12(15)18-9-5-8-17-10-6-3-2-4-7-10/h2-4,6-7H,5,8-9H2,1H3,(H,13,16). The minimum Gasteiger partial charge on any atom is -0.494 e. The van der Waals surface area contributed by atoms with Crippen LogP contribution in [0.3, 0.4) is 0 Å². The van der Waals surface area contributed by atoms with Crippen LogP contribution in [0.1, 0.15) is 6.42 Å². The first kappa shape index (κ1) is 12.8. The van der Waals surface area contributed by atoms with Crippen LogP contribution in [0.4, 0.5) is 0 Å². The van der Waals surface area contributed by atoms with E-state index >= 15 is 0 Å². The lowest BCUT2D eigenvalue weighted by Gasteiger charge is -2.05. The van der Waals surface area contributed by atoms with Gasteiger partial charge in [-0.2, -0.15) is 0 Å². The molecular weight excluding hydrogens is 250 g/mol. The number of aromatic nitrogens is 3. The molecule has 1 heterocycles. The second kappa shape index (κ2) is 6.30. The van der Waals surface area contributed by atoms with Crippen molar-refractivity contribution in [1.29, 1.82) is 0 Å². The molecule has 96 valence electrons. The molecule has 2 rings (SSSR count). The lowest BCUT2D eigenvalue weighted by molar-refractivity contribution is 0.318. The summed E-state index contributed by atoms with van der Waals surface area (Å²) in [6, 6.07) is 9.73. The number of rotatable bonds is 6. The summed E-state index contributed by atoms with van der Waals surface area (Å²) in [7, 11) is 1.70. The summed E-state index contributed by atoms with van der Waals surface area (Å²) < 4.78 is 7.07. The zero-order valence-corrected chi connectivity index (χ0v) is 10.9. The van der Waals surface area contributed by atoms with Crippen LogP contribution < -0.4 is 10.4 Å². The van der Waals surface area contributed by atoms with Gasteiger partial charge in [-0.3, -0.25) is 4.57 Å². The van der Waals surface area contributed by atoms with Crippen molar-refractivity contribution in [3.05, 3.63) is 40.8 Å². The molecule has 0 unspecified atom stereocenters. The summed E-state index contributed by atoms with van der Waals surface area (Å²) in [6.07, 6.45) is 0.903. The van der Waals surface area contributed by atoms with E-state index < -0.39 is 0 Å². The highest BCUT2D eigenvalue weighted by Gasteiger charge is 2.03. The molecule has 0 aliphatic carbocycles. The van der Waals surface area contributed by atoms with Crippen LogP contribution in [0.25, 0.3) is 0 Å². The molecule has 0 radical (unpaired) electrons. The molecule has 1 N–H and O–H groups in total. The van der Waals surface area contributed by atoms with Crippen molar-refractivity contribution in [2.75, 3.05) is 12.4 Å². The fourth-order valence-electron chi connectivity index (χ4n) is 1.39. The van der Waals surface area contributed by atoms with Gasteiger partial charge in [0.05, 0.1) is 6.61 Å². The summed E-state index contributed by atoms with van der Waals surface area (Å²) in [6.45, 7) is 0.662. The average molecular weight is 265 g/mol. The van der Waals surface area contributed by atoms with E-state index in [0.29, 0.717) is 11.8 Å². The van der Waals surface area contributed by atoms with Crippen LogP contribution in [0.5, 0.6) is 5.75 Å². The van der Waals surface area contributed by atoms with E-state index in [4.69, 9.17) is 4.74 Å². The largest absolute Gasteiger partial charge is 0.494 e. The molecule has 0 fully saturated rings. The van der Waals surface area contributed by atoms with Gasteiger partial charge in [0.25, 0.3) is 0 Å². The lowest BCUT2D eigenvalue weighted by Crippen LogP contribution is -2.13. The van der Waals surface area contributed by atoms with Crippen LogP contribution in [-0.2, 0) is 7.05 Å². The Bertz CT molecular complexity index is 536. The predicted molar refractivity (Wildman–Crippen MR) is 71.1 cm³/mol. The Morgan fingerprint density at radius 3 is 2.83 bits per heavy atom. The topological polar surface area (TPSA) is 59.9 Å². The molecule has 1 aromatic carbocycles. The van der Waals surface area contributed by atoms with Crippen LogP contribution in [-0.4, -0.2) is 27.1 Å². The van der Waals surface area contributed by atoms with Crippen molar-refractivity contribution < 1.29 is 4.74 Å². The second-order valence-corrected chi connectivity index (χ2v) is 4.80. The Morgan fingerprint density at radius 1 is 1.39 bits per heavy atom. The third kappa shape index (κ3) is 3.40. The van der Waals surface area contributed by atoms with Crippen molar-refractivity contribution >= 4 is 11.8 Å². The SMILES string of the molecule is Cn1c(SCCCOc2ccccc2)n[nH]c1=O. The Balaban J connectivity index is 1.68. The van der Waals surface area contributed by atoms with Crippen molar-refractivity contribution in [3.63, 3.8) is 0 Å². The van der Waals surface area contributed by atoms with E-state index in [2.05, 4.69) is 10.2 Å². The number of nitrogens with zero attached hydrogens (tertiary/aromatic N) is 2. The summed E-state index contributed by atoms with van der Waals surface area (Å²) in [5.41, 5.74) is -0.182. The highest BCUT2D eigenvalue weighted by atomic mass is 32.2. The van der Waals surface area contributed by atoms with Gasteiger partial charge in [0, 0.05) is 12.8 Å². The normalized spacial score (nSPS) is 10.5. The smallest absolute Gasteiger partial charge is 0.343 e. The van der Waals surface area contributed by atoms with Crippen LogP contribution in [0.2, 0.25) is 0 Å². The summed E-state index contributed by atoms with van der Waals surface area (Å²) in [4.78, 5) is 11.1. The number of para-hydroxylation sites is 1. The minimum atomic E-state index is -0.182. The van der Waals surface area contributed by atoms with Crippen LogP contribution in [0.15, 0.2) is 40.3 Å². The molecule has 0 aliphatic heterocycles. The molecule has 0 bridgehead atoms. The van der Waals surface area contributed by atoms with Crippen molar-refractivity contribution in [2.24, 2.45) is 7.05 Å². The van der Waals surface area contributed by atoms with Gasteiger partial charge in [-0.15, -0.1) is 5.10 Å². The molecule has 0 saturated carbocycles. The van der Waals surface area contributed by atoms with Crippen molar-refractivity contribution in [3.8, 4) is 5.75 Å². The molecule has 0 atom stereocenters. The number of aromatic amines is 1. The van der Waals surface area contributed by atoms with Gasteiger partial charge in [0.15, 0.2) is 5.16 Å². The maximum absolute atomic E-state index is 11.1. The van der Waals surface area contributed by atoms with Gasteiger partial charge in [0.2, 0.25) is 0 Å². The maximum atomic E-state index is 11.1. The van der Waals surface area contributed by atoms with E-state index in [1.54, 1.807) is 18.8 Å². The quantitative estimate of drug-likeness (QED) is 0.637. The molecule has 0 amide bonds. The Hall–Kier alpha value is -1.69. The Kier molecular flexibility index (Phi) is 4.46. The minimum absolute atomic E-state index is 0.182. The molecule has 0 saturated heterocycles. The Labute approximate surface area is 109 Å². The van der Waals surface area contributed by atoms with Gasteiger partial charge >= 0.3 is 5.69 Å². The van der Waals surface area contributed by atoms with E-state index in [1.807, 2.05) is 30.3 Å². The van der Waals surface area contributed by atoms with Gasteiger partial charge in [0.1, 0.15) is 5.75 Å². The molecule has 0 aliphatic rings. The van der Waals surface area contributed by atoms with Crippen LogP contribution in [0, 0.1) is 0 Å². The summed E-state index contributed by atoms with van der Waals surface area (Å²) in [5.74, 6) is 1.75. The first-order valence-corrected chi connectivity index (χ1v) is 6.68. The fraction of sp³-hybridized carbons (Fsp3) is 0.333. The highest BCUT2D eigenvalue weighted by molar-refractivity contribution is 7.99. The first-order valence-electron chi connectivity index (χ1n) is 5.69. The number of H-pyrrole nitrogens is 1. The number of thioether (sulfide) groups is 1. The number of nitrogens with one attached hydrogen (secondary N) is 1. The zero-order valence-electron chi connectivity index (χ0n) is 10.1. The third-order valence-corrected chi connectivity index (χ3v) is 3.49. The first-order chi connectivity index (χ1) is 8.77. The lowest BCUT2D eigenvalue weighted by atomic mass is 10.3. The molecular formula is C12H15N3O2S. The maximum Gasteiger partial charge on any atom is 0.343 e. The predicted octanol–water partition coefficient (Wildman–Crippen LogP) is 1.67. The Morgan fingerprint density at radius 2 is 2.17 bits per heavy atom. The van der Waals surface area contributed by atoms with E-state index in [0.717, 1.165) is 17.9 Å². The monoisotopic (exact) mass is 265 g/mol. The molecule has 2 aromatic rings. The third-order valence-electron chi connectivity index (χ3n) is 2.37. The number of hydrogen-bond donors (Lipinski definition) is 1. The van der Waals surface area contributed by atoms with Crippen molar-refractivity contribution in [2.45, 2.75) is 11.6 Å². The molecule has 5 nitrogen and oxygen atoms in total. The zero-order chi connectivity index (χ0) is 12.8. The van der Waals surface area contributed by atoms with Gasteiger partial charge in [-0.1, -0.05) is 30.0 Å². The number of hydrogen-bond acceptors (Lipinski definition) is 4. The molecule has 6 heteroatoms. The van der Waals surface area contributed by atoms with Gasteiger partial charge in [-0.25, -0.2) is 9.89 Å². The fourth-order valence-corrected chi connectivity index (χ4v) is 2.22.